The fraction of sp³-hybridized carbons (Fsp3) is 0.412. The van der Waals surface area contributed by atoms with E-state index in [2.05, 4.69) is 10.3 Å². The van der Waals surface area contributed by atoms with Crippen LogP contribution in [0, 0.1) is 19.8 Å². The van der Waals surface area contributed by atoms with Crippen LogP contribution in [0.15, 0.2) is 23.2 Å². The third kappa shape index (κ3) is 3.64. The van der Waals surface area contributed by atoms with Crippen molar-refractivity contribution in [3.8, 4) is 0 Å². The maximum absolute atomic E-state index is 12.7. The molecule has 1 heterocycles. The van der Waals surface area contributed by atoms with E-state index in [0.29, 0.717) is 5.69 Å². The number of rotatable bonds is 6. The largest absolute Gasteiger partial charge is 0.394 e. The molecule has 4 amide bonds. The van der Waals surface area contributed by atoms with Crippen molar-refractivity contribution in [2.24, 2.45) is 10.9 Å². The van der Waals surface area contributed by atoms with Gasteiger partial charge >= 0.3 is 6.03 Å². The minimum Gasteiger partial charge on any atom is -0.394 e. The number of aliphatic hydroxyl groups excluding tert-OH is 3. The summed E-state index contributed by atoms with van der Waals surface area (Å²) in [4.78, 5) is 41.5. The molecule has 1 aromatic carbocycles. The van der Waals surface area contributed by atoms with Crippen molar-refractivity contribution in [2.75, 3.05) is 24.7 Å². The fourth-order valence-corrected chi connectivity index (χ4v) is 2.34. The highest BCUT2D eigenvalue weighted by molar-refractivity contribution is 6.32. The number of carbonyl (C=O) groups is 3. The molecule has 9 nitrogen and oxygen atoms in total. The molecule has 140 valence electrons. The Kier molecular flexibility index (Phi) is 5.86. The third-order valence-corrected chi connectivity index (χ3v) is 4.33. The second-order valence-electron chi connectivity index (χ2n) is 6.19. The highest BCUT2D eigenvalue weighted by atomic mass is 16.3. The Balaban J connectivity index is 2.36. The topological polar surface area (TPSA) is 140 Å². The Bertz CT molecular complexity index is 749. The first-order chi connectivity index (χ1) is 12.3. The first-order valence-corrected chi connectivity index (χ1v) is 7.92. The molecule has 1 fully saturated rings. The van der Waals surface area contributed by atoms with Gasteiger partial charge in [0, 0.05) is 6.21 Å². The number of aliphatic hydroxyl groups is 3. The summed E-state index contributed by atoms with van der Waals surface area (Å²) in [5.41, 5.74) is 0.531. The Morgan fingerprint density at radius 2 is 1.73 bits per heavy atom. The number of aryl methyl sites for hydroxylation is 2. The molecule has 0 aromatic heterocycles. The van der Waals surface area contributed by atoms with Gasteiger partial charge in [0.25, 0.3) is 5.91 Å². The van der Waals surface area contributed by atoms with Crippen LogP contribution in [-0.2, 0) is 9.59 Å². The zero-order valence-corrected chi connectivity index (χ0v) is 14.5. The summed E-state index contributed by atoms with van der Waals surface area (Å²) in [6, 6.07) is 4.11. The van der Waals surface area contributed by atoms with Crippen LogP contribution in [0.1, 0.15) is 11.1 Å². The van der Waals surface area contributed by atoms with Crippen molar-refractivity contribution in [2.45, 2.75) is 19.4 Å². The Morgan fingerprint density at radius 3 is 2.27 bits per heavy atom. The van der Waals surface area contributed by atoms with Crippen molar-refractivity contribution < 1.29 is 29.7 Å². The molecule has 1 aromatic rings. The van der Waals surface area contributed by atoms with Gasteiger partial charge in [0.15, 0.2) is 5.92 Å². The van der Waals surface area contributed by atoms with Gasteiger partial charge in [-0.1, -0.05) is 6.07 Å². The highest BCUT2D eigenvalue weighted by Gasteiger charge is 2.41. The monoisotopic (exact) mass is 363 g/mol. The summed E-state index contributed by atoms with van der Waals surface area (Å²) in [7, 11) is 0. The average Bonchev–Trinajstić information content (AvgIpc) is 2.61. The van der Waals surface area contributed by atoms with Crippen LogP contribution in [0.2, 0.25) is 0 Å². The fourth-order valence-electron chi connectivity index (χ4n) is 2.34. The van der Waals surface area contributed by atoms with Crippen LogP contribution in [0.4, 0.5) is 10.5 Å². The number of carbonyl (C=O) groups excluding carboxylic acids is 3. The van der Waals surface area contributed by atoms with Gasteiger partial charge in [-0.3, -0.25) is 19.9 Å². The van der Waals surface area contributed by atoms with E-state index in [9.17, 15) is 29.7 Å². The quantitative estimate of drug-likeness (QED) is 0.389. The lowest BCUT2D eigenvalue weighted by atomic mass is 10.0. The predicted octanol–water partition coefficient (Wildman–Crippen LogP) is -0.711. The molecule has 0 saturated carbocycles. The number of hydrogen-bond acceptors (Lipinski definition) is 7. The van der Waals surface area contributed by atoms with Crippen molar-refractivity contribution >= 4 is 29.7 Å². The first kappa shape index (κ1) is 19.7. The number of aliphatic imine (C=N–C) groups is 1. The van der Waals surface area contributed by atoms with E-state index in [1.165, 1.54) is 0 Å². The second-order valence-corrected chi connectivity index (χ2v) is 6.19. The third-order valence-electron chi connectivity index (χ3n) is 4.33. The zero-order chi connectivity index (χ0) is 19.5. The SMILES string of the molecule is Cc1ccc(N2C(=O)NC(=O)[C@H](C=NC(CO)(CO)CO)C2=O)cc1C. The number of amides is 4. The number of benzene rings is 1. The highest BCUT2D eigenvalue weighted by Crippen LogP contribution is 2.23. The second kappa shape index (κ2) is 7.73. The number of barbiturate groups is 1. The van der Waals surface area contributed by atoms with E-state index in [0.717, 1.165) is 22.2 Å². The summed E-state index contributed by atoms with van der Waals surface area (Å²) in [5, 5.41) is 29.9. The molecule has 1 saturated heterocycles. The zero-order valence-electron chi connectivity index (χ0n) is 14.5. The van der Waals surface area contributed by atoms with Crippen LogP contribution < -0.4 is 10.2 Å². The van der Waals surface area contributed by atoms with Gasteiger partial charge in [-0.2, -0.15) is 0 Å². The van der Waals surface area contributed by atoms with Crippen molar-refractivity contribution in [1.82, 2.24) is 5.32 Å². The number of urea groups is 1. The molecule has 1 aliphatic rings. The lowest BCUT2D eigenvalue weighted by Crippen LogP contribution is -2.59. The standard InChI is InChI=1S/C17H21N3O6/c1-10-3-4-12(5-11(10)2)20-15(25)13(14(24)19-16(20)26)6-18-17(7-21,8-22)9-23/h3-6,13,21-23H,7-9H2,1-2H3,(H,19,24,26)/t13-/m0/s1. The van der Waals surface area contributed by atoms with Gasteiger partial charge in [0.1, 0.15) is 5.54 Å². The molecule has 4 N–H and O–H groups in total. The Hall–Kier alpha value is -2.62. The van der Waals surface area contributed by atoms with E-state index < -0.39 is 49.1 Å². The normalized spacial score (nSPS) is 18.6. The van der Waals surface area contributed by atoms with Crippen LogP contribution in [0.3, 0.4) is 0 Å². The van der Waals surface area contributed by atoms with Crippen molar-refractivity contribution in [1.29, 1.82) is 0 Å². The minimum absolute atomic E-state index is 0.305. The van der Waals surface area contributed by atoms with Crippen molar-refractivity contribution in [3.05, 3.63) is 29.3 Å². The molecular weight excluding hydrogens is 342 g/mol. The van der Waals surface area contributed by atoms with Gasteiger partial charge in [-0.15, -0.1) is 0 Å². The maximum atomic E-state index is 12.7. The number of anilines is 1. The number of imide groups is 2. The molecular formula is C17H21N3O6. The van der Waals surface area contributed by atoms with Gasteiger partial charge in [0.05, 0.1) is 25.5 Å². The van der Waals surface area contributed by atoms with Gasteiger partial charge in [-0.05, 0) is 37.1 Å². The van der Waals surface area contributed by atoms with Crippen LogP contribution in [-0.4, -0.2) is 64.7 Å². The smallest absolute Gasteiger partial charge is 0.335 e. The number of nitrogens with zero attached hydrogens (tertiary/aromatic N) is 2. The molecule has 9 heteroatoms. The molecule has 0 aliphatic carbocycles. The van der Waals surface area contributed by atoms with E-state index in [-0.39, 0.29) is 0 Å². The first-order valence-electron chi connectivity index (χ1n) is 7.92. The number of nitrogens with one attached hydrogen (secondary N) is 1. The molecule has 0 spiro atoms. The minimum atomic E-state index is -1.62. The average molecular weight is 363 g/mol. The van der Waals surface area contributed by atoms with Crippen molar-refractivity contribution in [3.63, 3.8) is 0 Å². The van der Waals surface area contributed by atoms with E-state index >= 15 is 0 Å². The molecule has 2 rings (SSSR count). The number of hydrogen-bond donors (Lipinski definition) is 4. The van der Waals surface area contributed by atoms with E-state index in [4.69, 9.17) is 0 Å². The summed E-state index contributed by atoms with van der Waals surface area (Å²) in [5.74, 6) is -3.11. The van der Waals surface area contributed by atoms with E-state index in [1.54, 1.807) is 18.2 Å². The van der Waals surface area contributed by atoms with Gasteiger partial charge < -0.3 is 15.3 Å². The molecule has 0 unspecified atom stereocenters. The molecule has 26 heavy (non-hydrogen) atoms. The van der Waals surface area contributed by atoms with E-state index in [1.807, 2.05) is 13.8 Å². The predicted molar refractivity (Wildman–Crippen MR) is 92.9 cm³/mol. The summed E-state index contributed by atoms with van der Waals surface area (Å²) >= 11 is 0. The van der Waals surface area contributed by atoms with Crippen LogP contribution in [0.5, 0.6) is 0 Å². The van der Waals surface area contributed by atoms with Crippen LogP contribution >= 0.6 is 0 Å². The van der Waals surface area contributed by atoms with Crippen LogP contribution in [0.25, 0.3) is 0 Å². The summed E-state index contributed by atoms with van der Waals surface area (Å²) < 4.78 is 0. The van der Waals surface area contributed by atoms with Gasteiger partial charge in [0.2, 0.25) is 5.91 Å². The lowest BCUT2D eigenvalue weighted by molar-refractivity contribution is -0.131. The molecule has 0 bridgehead atoms. The summed E-state index contributed by atoms with van der Waals surface area (Å²) in [6.45, 7) is 1.66. The Labute approximate surface area is 150 Å². The molecule has 1 aliphatic heterocycles. The Morgan fingerprint density at radius 1 is 1.12 bits per heavy atom. The molecule has 0 radical (unpaired) electrons. The van der Waals surface area contributed by atoms with Gasteiger partial charge in [-0.25, -0.2) is 9.69 Å². The summed E-state index contributed by atoms with van der Waals surface area (Å²) in [6.07, 6.45) is 0.931. The lowest BCUT2D eigenvalue weighted by Gasteiger charge is -2.29. The maximum Gasteiger partial charge on any atom is 0.335 e. The molecule has 1 atom stereocenters.